The molecule has 2 heterocycles. The van der Waals surface area contributed by atoms with E-state index in [4.69, 9.17) is 0 Å². The molecule has 1 N–H and O–H groups in total. The molecule has 1 aromatic rings. The number of likely N-dealkylation sites (tertiary alicyclic amines) is 2. The molecular weight excluding hydrogens is 354 g/mol. The van der Waals surface area contributed by atoms with E-state index >= 15 is 0 Å². The fourth-order valence-electron chi connectivity index (χ4n) is 4.20. The number of benzene rings is 1. The van der Waals surface area contributed by atoms with Gasteiger partial charge in [-0.15, -0.1) is 0 Å². The van der Waals surface area contributed by atoms with Crippen LogP contribution in [0.3, 0.4) is 0 Å². The molecule has 2 aliphatic rings. The Labute approximate surface area is 167 Å². The normalized spacial score (nSPS) is 17.6. The Morgan fingerprint density at radius 1 is 0.893 bits per heavy atom. The molecule has 2 aliphatic heterocycles. The first-order valence-electron chi connectivity index (χ1n) is 10.3. The van der Waals surface area contributed by atoms with Crippen molar-refractivity contribution < 1.29 is 14.4 Å². The van der Waals surface area contributed by atoms with Gasteiger partial charge in [-0.05, 0) is 57.6 Å². The van der Waals surface area contributed by atoms with Gasteiger partial charge in [0, 0.05) is 38.2 Å². The van der Waals surface area contributed by atoms with Crippen LogP contribution in [0.4, 0.5) is 0 Å². The fourth-order valence-corrected chi connectivity index (χ4v) is 4.20. The van der Waals surface area contributed by atoms with E-state index in [0.717, 1.165) is 49.9 Å². The Morgan fingerprint density at radius 2 is 1.46 bits per heavy atom. The zero-order valence-electron chi connectivity index (χ0n) is 17.0. The number of carbonyl (C=O) groups excluding carboxylic acids is 3. The largest absolute Gasteiger partial charge is 0.343 e. The number of nitrogens with one attached hydrogen (secondary N) is 1. The molecule has 6 nitrogen and oxygen atoms in total. The molecule has 0 spiro atoms. The highest BCUT2D eigenvalue weighted by Crippen LogP contribution is 2.22. The van der Waals surface area contributed by atoms with E-state index in [2.05, 4.69) is 5.32 Å². The Bertz CT molecular complexity index is 712. The molecule has 0 atom stereocenters. The molecule has 0 aliphatic carbocycles. The summed E-state index contributed by atoms with van der Waals surface area (Å²) in [5, 5.41) is 2.74. The predicted molar refractivity (Wildman–Crippen MR) is 108 cm³/mol. The zero-order chi connectivity index (χ0) is 20.1. The van der Waals surface area contributed by atoms with Crippen molar-refractivity contribution in [3.63, 3.8) is 0 Å². The van der Waals surface area contributed by atoms with E-state index in [-0.39, 0.29) is 24.3 Å². The van der Waals surface area contributed by atoms with Gasteiger partial charge in [-0.2, -0.15) is 0 Å². The number of aryl methyl sites for hydroxylation is 2. The van der Waals surface area contributed by atoms with Gasteiger partial charge in [-0.25, -0.2) is 0 Å². The molecule has 2 fully saturated rings. The van der Waals surface area contributed by atoms with Crippen LogP contribution in [0.15, 0.2) is 18.2 Å². The first kappa shape index (κ1) is 20.4. The number of piperidine rings is 1. The van der Waals surface area contributed by atoms with Crippen LogP contribution in [-0.4, -0.2) is 60.2 Å². The second-order valence-corrected chi connectivity index (χ2v) is 8.18. The predicted octanol–water partition coefficient (Wildman–Crippen LogP) is 2.28. The fraction of sp³-hybridized carbons (Fsp3) is 0.591. The summed E-state index contributed by atoms with van der Waals surface area (Å²) in [7, 11) is 0. The van der Waals surface area contributed by atoms with Crippen LogP contribution < -0.4 is 5.32 Å². The van der Waals surface area contributed by atoms with Gasteiger partial charge in [0.1, 0.15) is 0 Å². The van der Waals surface area contributed by atoms with Gasteiger partial charge < -0.3 is 15.1 Å². The van der Waals surface area contributed by atoms with Crippen molar-refractivity contribution in [3.8, 4) is 0 Å². The van der Waals surface area contributed by atoms with E-state index in [0.29, 0.717) is 31.0 Å². The van der Waals surface area contributed by atoms with E-state index in [9.17, 15) is 14.4 Å². The topological polar surface area (TPSA) is 69.7 Å². The van der Waals surface area contributed by atoms with Crippen molar-refractivity contribution in [2.24, 2.45) is 5.92 Å². The summed E-state index contributed by atoms with van der Waals surface area (Å²) in [6.45, 7) is 7.05. The van der Waals surface area contributed by atoms with Gasteiger partial charge >= 0.3 is 0 Å². The average Bonchev–Trinajstić information content (AvgIpc) is 3.20. The second-order valence-electron chi connectivity index (χ2n) is 8.18. The summed E-state index contributed by atoms with van der Waals surface area (Å²) in [6.07, 6.45) is 4.55. The van der Waals surface area contributed by atoms with Crippen LogP contribution >= 0.6 is 0 Å². The van der Waals surface area contributed by atoms with Crippen LogP contribution in [0.25, 0.3) is 0 Å². The minimum absolute atomic E-state index is 0.0171. The lowest BCUT2D eigenvalue weighted by atomic mass is 9.93. The molecular formula is C22H31N3O3. The van der Waals surface area contributed by atoms with Crippen molar-refractivity contribution in [3.05, 3.63) is 34.9 Å². The lowest BCUT2D eigenvalue weighted by molar-refractivity contribution is -0.133. The molecule has 28 heavy (non-hydrogen) atoms. The summed E-state index contributed by atoms with van der Waals surface area (Å²) >= 11 is 0. The van der Waals surface area contributed by atoms with E-state index in [1.807, 2.05) is 36.9 Å². The van der Waals surface area contributed by atoms with Gasteiger partial charge in [-0.1, -0.05) is 17.2 Å². The molecule has 3 amide bonds. The first-order chi connectivity index (χ1) is 13.4. The number of rotatable bonds is 5. The molecule has 6 heteroatoms. The molecule has 152 valence electrons. The Morgan fingerprint density at radius 3 is 2.07 bits per heavy atom. The number of nitrogens with zero attached hydrogens (tertiary/aromatic N) is 2. The monoisotopic (exact) mass is 385 g/mol. The van der Waals surface area contributed by atoms with E-state index in [1.54, 1.807) is 4.90 Å². The zero-order valence-corrected chi connectivity index (χ0v) is 17.0. The maximum atomic E-state index is 12.4. The number of carbonyl (C=O) groups is 3. The van der Waals surface area contributed by atoms with Crippen LogP contribution in [0.2, 0.25) is 0 Å². The summed E-state index contributed by atoms with van der Waals surface area (Å²) in [6, 6.07) is 5.67. The first-order valence-corrected chi connectivity index (χ1v) is 10.3. The third-order valence-electron chi connectivity index (χ3n) is 5.77. The molecule has 1 aromatic carbocycles. The smallest absolute Gasteiger partial charge is 0.251 e. The van der Waals surface area contributed by atoms with Crippen LogP contribution in [0.1, 0.15) is 53.6 Å². The van der Waals surface area contributed by atoms with Gasteiger partial charge in [0.25, 0.3) is 5.91 Å². The molecule has 0 aromatic heterocycles. The minimum atomic E-state index is -0.216. The molecule has 3 rings (SSSR count). The molecule has 0 radical (unpaired) electrons. The van der Waals surface area contributed by atoms with Crippen molar-refractivity contribution in [2.75, 3.05) is 32.7 Å². The molecule has 0 saturated carbocycles. The number of hydrogen-bond donors (Lipinski definition) is 1. The highest BCUT2D eigenvalue weighted by atomic mass is 16.2. The molecule has 0 bridgehead atoms. The maximum Gasteiger partial charge on any atom is 0.251 e. The lowest BCUT2D eigenvalue weighted by Crippen LogP contribution is -2.44. The maximum absolute atomic E-state index is 12.4. The number of amides is 3. The van der Waals surface area contributed by atoms with Crippen LogP contribution in [0.5, 0.6) is 0 Å². The van der Waals surface area contributed by atoms with Gasteiger partial charge in [0.15, 0.2) is 0 Å². The van der Waals surface area contributed by atoms with Gasteiger partial charge in [0.05, 0.1) is 6.54 Å². The van der Waals surface area contributed by atoms with Gasteiger partial charge in [-0.3, -0.25) is 14.4 Å². The van der Waals surface area contributed by atoms with Crippen LogP contribution in [0, 0.1) is 19.8 Å². The summed E-state index contributed by atoms with van der Waals surface area (Å²) in [4.78, 5) is 40.8. The summed E-state index contributed by atoms with van der Waals surface area (Å²) < 4.78 is 0. The van der Waals surface area contributed by atoms with Crippen molar-refractivity contribution >= 4 is 17.7 Å². The Balaban J connectivity index is 1.41. The quantitative estimate of drug-likeness (QED) is 0.845. The standard InChI is InChI=1S/C22H31N3O3/c1-16-11-17(2)13-19(12-16)22(28)23-15-21(27)25-9-5-18(6-10-25)14-20(26)24-7-3-4-8-24/h11-13,18H,3-10,14-15H2,1-2H3,(H,23,28). The third-order valence-corrected chi connectivity index (χ3v) is 5.77. The molecule has 0 unspecified atom stereocenters. The van der Waals surface area contributed by atoms with Crippen molar-refractivity contribution in [2.45, 2.75) is 46.0 Å². The average molecular weight is 386 g/mol. The van der Waals surface area contributed by atoms with Crippen molar-refractivity contribution in [1.82, 2.24) is 15.1 Å². The SMILES string of the molecule is Cc1cc(C)cc(C(=O)NCC(=O)N2CCC(CC(=O)N3CCCC3)CC2)c1. The second kappa shape index (κ2) is 9.22. The minimum Gasteiger partial charge on any atom is -0.343 e. The highest BCUT2D eigenvalue weighted by molar-refractivity contribution is 5.96. The van der Waals surface area contributed by atoms with Gasteiger partial charge in [0.2, 0.25) is 11.8 Å². The molecule has 2 saturated heterocycles. The van der Waals surface area contributed by atoms with E-state index < -0.39 is 0 Å². The Kier molecular flexibility index (Phi) is 6.70. The van der Waals surface area contributed by atoms with Crippen LogP contribution in [-0.2, 0) is 9.59 Å². The summed E-state index contributed by atoms with van der Waals surface area (Å²) in [5.74, 6) is 0.360. The third kappa shape index (κ3) is 5.33. The lowest BCUT2D eigenvalue weighted by Gasteiger charge is -2.32. The highest BCUT2D eigenvalue weighted by Gasteiger charge is 2.27. The van der Waals surface area contributed by atoms with Crippen molar-refractivity contribution in [1.29, 1.82) is 0 Å². The number of hydrogen-bond acceptors (Lipinski definition) is 3. The Hall–Kier alpha value is -2.37. The van der Waals surface area contributed by atoms with E-state index in [1.165, 1.54) is 0 Å². The summed E-state index contributed by atoms with van der Waals surface area (Å²) in [5.41, 5.74) is 2.65.